The fourth-order valence-corrected chi connectivity index (χ4v) is 0.105. The van der Waals surface area contributed by atoms with Gasteiger partial charge >= 0.3 is 12.8 Å². The summed E-state index contributed by atoms with van der Waals surface area (Å²) >= 11 is 0. The van der Waals surface area contributed by atoms with Gasteiger partial charge in [-0.2, -0.15) is 0 Å². The zero-order valence-corrected chi connectivity index (χ0v) is 3.39. The predicted molar refractivity (Wildman–Crippen MR) is 24.5 cm³/mol. The van der Waals surface area contributed by atoms with E-state index in [1.165, 1.54) is 6.08 Å². The topological polar surface area (TPSA) is 24.6 Å². The molecule has 0 aliphatic carbocycles. The van der Waals surface area contributed by atoms with E-state index in [9.17, 15) is 0 Å². The first kappa shape index (κ1) is 5.19. The SMILES string of the molecule is C=CC#[N+]CO. The van der Waals surface area contributed by atoms with Gasteiger partial charge in [-0.25, -0.2) is 0 Å². The molecular weight excluding hydrogens is 78.0 g/mol. The van der Waals surface area contributed by atoms with Crippen LogP contribution in [0.5, 0.6) is 0 Å². The zero-order chi connectivity index (χ0) is 4.83. The second-order valence-corrected chi connectivity index (χ2v) is 0.633. The lowest BCUT2D eigenvalue weighted by Crippen LogP contribution is -1.61. The van der Waals surface area contributed by atoms with E-state index >= 15 is 0 Å². The number of aliphatic hydroxyl groups excluding tert-OH is 1. The van der Waals surface area contributed by atoms with Crippen molar-refractivity contribution in [2.24, 2.45) is 0 Å². The third-order valence-electron chi connectivity index (χ3n) is 0.253. The van der Waals surface area contributed by atoms with Crippen LogP contribution in [-0.2, 0) is 0 Å². The van der Waals surface area contributed by atoms with Gasteiger partial charge < -0.3 is 5.11 Å². The Hall–Kier alpha value is -0.810. The lowest BCUT2D eigenvalue weighted by Gasteiger charge is -1.46. The summed E-state index contributed by atoms with van der Waals surface area (Å²) in [5.41, 5.74) is 0. The molecule has 32 valence electrons. The predicted octanol–water partition coefficient (Wildman–Crippen LogP) is 0.455. The maximum absolute atomic E-state index is 7.92. The fraction of sp³-hybridized carbons (Fsp3) is 0.250. The zero-order valence-electron chi connectivity index (χ0n) is 3.39. The minimum atomic E-state index is -0.202. The Balaban J connectivity index is 3.13. The van der Waals surface area contributed by atoms with Crippen LogP contribution in [0.15, 0.2) is 12.7 Å². The molecule has 6 heavy (non-hydrogen) atoms. The minimum Gasteiger partial charge on any atom is -0.325 e. The van der Waals surface area contributed by atoms with Gasteiger partial charge in [0.15, 0.2) is 0 Å². The van der Waals surface area contributed by atoms with Gasteiger partial charge in [0.1, 0.15) is 0 Å². The van der Waals surface area contributed by atoms with E-state index in [1.54, 1.807) is 0 Å². The van der Waals surface area contributed by atoms with Crippen molar-refractivity contribution in [1.29, 1.82) is 0 Å². The Labute approximate surface area is 36.5 Å². The van der Waals surface area contributed by atoms with E-state index in [0.29, 0.717) is 0 Å². The average Bonchev–Trinajstić information content (AvgIpc) is 1.61. The Kier molecular flexibility index (Phi) is 3.62. The molecule has 0 bridgehead atoms. The molecule has 0 rings (SSSR count). The van der Waals surface area contributed by atoms with Crippen molar-refractivity contribution in [1.82, 2.24) is 0 Å². The molecule has 0 atom stereocenters. The highest BCUT2D eigenvalue weighted by Crippen LogP contribution is 1.59. The number of hydrogen-bond donors (Lipinski definition) is 1. The summed E-state index contributed by atoms with van der Waals surface area (Å²) in [5, 5.41) is 7.92. The summed E-state index contributed by atoms with van der Waals surface area (Å²) in [7, 11) is 0. The molecule has 2 nitrogen and oxygen atoms in total. The lowest BCUT2D eigenvalue weighted by molar-refractivity contribution is 0.341. The molecule has 0 heterocycles. The van der Waals surface area contributed by atoms with E-state index in [2.05, 4.69) is 17.5 Å². The van der Waals surface area contributed by atoms with Crippen LogP contribution in [0.1, 0.15) is 0 Å². The van der Waals surface area contributed by atoms with Crippen molar-refractivity contribution in [3.05, 3.63) is 17.5 Å². The molecule has 0 spiro atoms. The quantitative estimate of drug-likeness (QED) is 0.423. The standard InChI is InChI=1S/C4H6NO/c1-2-3-5-4-6/h2,6H,1,4H2/q+1. The monoisotopic (exact) mass is 84.0 g/mol. The first-order valence-corrected chi connectivity index (χ1v) is 1.55. The van der Waals surface area contributed by atoms with Crippen molar-refractivity contribution in [2.45, 2.75) is 0 Å². The van der Waals surface area contributed by atoms with Crippen molar-refractivity contribution in [3.8, 4) is 6.07 Å². The molecule has 0 saturated carbocycles. The maximum Gasteiger partial charge on any atom is 0.365 e. The summed E-state index contributed by atoms with van der Waals surface area (Å²) in [5.74, 6) is 0. The number of aliphatic hydroxyl groups is 1. The molecule has 0 radical (unpaired) electrons. The Morgan fingerprint density at radius 1 is 2.00 bits per heavy atom. The van der Waals surface area contributed by atoms with E-state index in [0.717, 1.165) is 0 Å². The summed E-state index contributed by atoms with van der Waals surface area (Å²) < 4.78 is 0. The van der Waals surface area contributed by atoms with Gasteiger partial charge in [-0.3, -0.25) is 0 Å². The van der Waals surface area contributed by atoms with Crippen LogP contribution in [0.4, 0.5) is 0 Å². The average molecular weight is 84.1 g/mol. The third-order valence-corrected chi connectivity index (χ3v) is 0.253. The van der Waals surface area contributed by atoms with Crippen LogP contribution < -0.4 is 0 Å². The normalized spacial score (nSPS) is 5.50. The summed E-state index contributed by atoms with van der Waals surface area (Å²) in [6.07, 6.45) is 1.39. The van der Waals surface area contributed by atoms with Crippen LogP contribution in [0, 0.1) is 6.07 Å². The summed E-state index contributed by atoms with van der Waals surface area (Å²) in [6.45, 7) is 3.08. The van der Waals surface area contributed by atoms with E-state index in [1.807, 2.05) is 0 Å². The van der Waals surface area contributed by atoms with Crippen LogP contribution >= 0.6 is 0 Å². The summed E-state index contributed by atoms with van der Waals surface area (Å²) in [6, 6.07) is 2.34. The van der Waals surface area contributed by atoms with E-state index < -0.39 is 0 Å². The minimum absolute atomic E-state index is 0.202. The first-order valence-electron chi connectivity index (χ1n) is 1.55. The molecule has 0 aliphatic rings. The van der Waals surface area contributed by atoms with Gasteiger partial charge in [-0.05, 0) is 4.85 Å². The summed E-state index contributed by atoms with van der Waals surface area (Å²) in [4.78, 5) is 3.28. The maximum atomic E-state index is 7.92. The highest BCUT2D eigenvalue weighted by Gasteiger charge is 1.69. The highest BCUT2D eigenvalue weighted by molar-refractivity contribution is 5.02. The fourth-order valence-electron chi connectivity index (χ4n) is 0.105. The van der Waals surface area contributed by atoms with E-state index in [4.69, 9.17) is 5.11 Å². The third kappa shape index (κ3) is 3.19. The van der Waals surface area contributed by atoms with Crippen molar-refractivity contribution >= 4 is 0 Å². The molecule has 0 aromatic heterocycles. The van der Waals surface area contributed by atoms with Crippen LogP contribution in [0.3, 0.4) is 0 Å². The van der Waals surface area contributed by atoms with Crippen molar-refractivity contribution in [2.75, 3.05) is 6.73 Å². The number of hydrogen-bond acceptors (Lipinski definition) is 1. The second kappa shape index (κ2) is 4.19. The molecule has 0 fully saturated rings. The van der Waals surface area contributed by atoms with Gasteiger partial charge in [0.2, 0.25) is 0 Å². The smallest absolute Gasteiger partial charge is 0.325 e. The first-order chi connectivity index (χ1) is 2.91. The highest BCUT2D eigenvalue weighted by atomic mass is 16.3. The molecule has 0 unspecified atom stereocenters. The molecular formula is C4H6NO+. The molecule has 0 saturated heterocycles. The molecule has 0 aromatic rings. The molecule has 2 heteroatoms. The number of nitrogens with zero attached hydrogens (tertiary/aromatic N) is 1. The van der Waals surface area contributed by atoms with Crippen molar-refractivity contribution in [3.63, 3.8) is 0 Å². The molecule has 0 aliphatic heterocycles. The van der Waals surface area contributed by atoms with Gasteiger partial charge in [-0.15, -0.1) is 0 Å². The van der Waals surface area contributed by atoms with Gasteiger partial charge in [0.25, 0.3) is 0 Å². The second-order valence-electron chi connectivity index (χ2n) is 0.633. The largest absolute Gasteiger partial charge is 0.365 e. The van der Waals surface area contributed by atoms with Crippen LogP contribution in [0.25, 0.3) is 4.85 Å². The van der Waals surface area contributed by atoms with Gasteiger partial charge in [0.05, 0.1) is 6.08 Å². The molecule has 0 amide bonds. The Morgan fingerprint density at radius 2 is 2.67 bits per heavy atom. The van der Waals surface area contributed by atoms with Gasteiger partial charge in [0, 0.05) is 0 Å². The van der Waals surface area contributed by atoms with Gasteiger partial charge in [-0.1, -0.05) is 6.58 Å². The molecule has 0 aromatic carbocycles. The van der Waals surface area contributed by atoms with Crippen molar-refractivity contribution < 1.29 is 5.11 Å². The number of allylic oxidation sites excluding steroid dienone is 1. The lowest BCUT2D eigenvalue weighted by atomic mass is 10.7. The number of rotatable bonds is 0. The Bertz CT molecular complexity index is 87.5. The van der Waals surface area contributed by atoms with Crippen LogP contribution in [-0.4, -0.2) is 11.8 Å². The van der Waals surface area contributed by atoms with E-state index in [-0.39, 0.29) is 6.73 Å². The van der Waals surface area contributed by atoms with Crippen LogP contribution in [0.2, 0.25) is 0 Å². The molecule has 1 N–H and O–H groups in total. The Morgan fingerprint density at radius 3 is 2.83 bits per heavy atom.